The van der Waals surface area contributed by atoms with Crippen molar-refractivity contribution >= 4 is 40.6 Å². The highest BCUT2D eigenvalue weighted by molar-refractivity contribution is 7.66. The maximum Gasteiger partial charge on any atom is 0.490 e. The molecule has 3 heterocycles. The highest BCUT2D eigenvalue weighted by Crippen LogP contribution is 2.66. The van der Waals surface area contributed by atoms with Crippen molar-refractivity contribution in [1.29, 1.82) is 0 Å². The maximum absolute atomic E-state index is 12.0. The van der Waals surface area contributed by atoms with Crippen LogP contribution in [0.5, 0.6) is 0 Å². The van der Waals surface area contributed by atoms with Crippen molar-refractivity contribution in [2.75, 3.05) is 12.3 Å². The first-order valence-electron chi connectivity index (χ1n) is 8.75. The molecule has 0 saturated carbocycles. The average molecular weight is 519 g/mol. The molecule has 1 fully saturated rings. The number of ether oxygens (including phenoxy) is 1. The van der Waals surface area contributed by atoms with E-state index in [1.807, 2.05) is 0 Å². The second kappa shape index (κ2) is 8.70. The minimum Gasteiger partial charge on any atom is -0.369 e. The van der Waals surface area contributed by atoms with E-state index in [1.165, 1.54) is 10.9 Å². The normalized spacial score (nSPS) is 27.9. The van der Waals surface area contributed by atoms with Crippen LogP contribution in [0.3, 0.4) is 0 Å². The van der Waals surface area contributed by atoms with Gasteiger partial charge in [-0.15, -0.1) is 0 Å². The number of rotatable bonds is 8. The Morgan fingerprint density at radius 1 is 1.16 bits per heavy atom. The number of hydrogen-bond acceptors (Lipinski definition) is 11. The van der Waals surface area contributed by atoms with Gasteiger partial charge in [-0.3, -0.25) is 18.9 Å². The zero-order chi connectivity index (χ0) is 24.1. The van der Waals surface area contributed by atoms with Crippen LogP contribution in [0.1, 0.15) is 20.1 Å². The summed E-state index contributed by atoms with van der Waals surface area (Å²) in [7, 11) is -16.4. The van der Waals surface area contributed by atoms with Crippen molar-refractivity contribution in [2.45, 2.75) is 26.2 Å². The number of hydrogen-bond donors (Lipinski definition) is 6. The largest absolute Gasteiger partial charge is 0.490 e. The zero-order valence-electron chi connectivity index (χ0n) is 16.4. The van der Waals surface area contributed by atoms with Crippen LogP contribution in [0.15, 0.2) is 11.1 Å². The SMILES string of the molecule is CC1C(COP(=O)(O)OP(=O)(O)OP(=O)(O)O)OC(n2cnc3c(=O)[nH]c(N)nc32)C1C. The second-order valence-electron chi connectivity index (χ2n) is 6.95. The molecule has 32 heavy (non-hydrogen) atoms. The summed E-state index contributed by atoms with van der Waals surface area (Å²) in [5, 5.41) is 0. The third-order valence-electron chi connectivity index (χ3n) is 4.72. The molecule has 1 aliphatic rings. The molecule has 6 atom stereocenters. The molecule has 1 aliphatic heterocycles. The molecule has 3 rings (SSSR count). The minimum absolute atomic E-state index is 0.0272. The molecule has 17 nitrogen and oxygen atoms in total. The number of H-pyrrole nitrogens is 1. The van der Waals surface area contributed by atoms with Crippen molar-refractivity contribution in [2.24, 2.45) is 11.8 Å². The number of fused-ring (bicyclic) bond motifs is 1. The van der Waals surface area contributed by atoms with Gasteiger partial charge in [0.05, 0.1) is 19.0 Å². The van der Waals surface area contributed by atoms with Crippen LogP contribution < -0.4 is 11.3 Å². The molecule has 1 saturated heterocycles. The molecule has 0 radical (unpaired) electrons. The van der Waals surface area contributed by atoms with Crippen molar-refractivity contribution in [3.63, 3.8) is 0 Å². The van der Waals surface area contributed by atoms with E-state index >= 15 is 0 Å². The summed E-state index contributed by atoms with van der Waals surface area (Å²) >= 11 is 0. The molecule has 0 spiro atoms. The lowest BCUT2D eigenvalue weighted by Crippen LogP contribution is -2.21. The Balaban J connectivity index is 1.72. The fourth-order valence-electron chi connectivity index (χ4n) is 3.14. The Morgan fingerprint density at radius 2 is 1.81 bits per heavy atom. The number of nitrogens with two attached hydrogens (primary N) is 1. The van der Waals surface area contributed by atoms with E-state index in [1.54, 1.807) is 13.8 Å². The van der Waals surface area contributed by atoms with Crippen LogP contribution in [0.25, 0.3) is 11.2 Å². The lowest BCUT2D eigenvalue weighted by molar-refractivity contribution is -0.0331. The average Bonchev–Trinajstić information content (AvgIpc) is 3.12. The van der Waals surface area contributed by atoms with Crippen LogP contribution in [-0.2, 0) is 31.6 Å². The van der Waals surface area contributed by atoms with E-state index in [-0.39, 0.29) is 28.9 Å². The second-order valence-corrected chi connectivity index (χ2v) is 11.4. The monoisotopic (exact) mass is 519 g/mol. The van der Waals surface area contributed by atoms with E-state index in [2.05, 4.69) is 28.1 Å². The van der Waals surface area contributed by atoms with Gasteiger partial charge in [0.1, 0.15) is 6.23 Å². The van der Waals surface area contributed by atoms with Gasteiger partial charge >= 0.3 is 23.5 Å². The van der Waals surface area contributed by atoms with Gasteiger partial charge in [-0.1, -0.05) is 13.8 Å². The van der Waals surface area contributed by atoms with E-state index in [4.69, 9.17) is 20.3 Å². The fraction of sp³-hybridized carbons (Fsp3) is 0.583. The Bertz CT molecular complexity index is 1210. The van der Waals surface area contributed by atoms with Gasteiger partial charge in [-0.05, 0) is 5.92 Å². The number of phosphoric ester groups is 1. The van der Waals surface area contributed by atoms with Crippen molar-refractivity contribution in [3.8, 4) is 0 Å². The van der Waals surface area contributed by atoms with E-state index in [0.717, 1.165) is 0 Å². The molecule has 0 bridgehead atoms. The first kappa shape index (κ1) is 25.1. The molecular weight excluding hydrogens is 499 g/mol. The van der Waals surface area contributed by atoms with E-state index in [9.17, 15) is 28.3 Å². The predicted molar refractivity (Wildman–Crippen MR) is 105 cm³/mol. The Kier molecular flexibility index (Phi) is 6.84. The van der Waals surface area contributed by atoms with Crippen LogP contribution >= 0.6 is 23.5 Å². The molecule has 2 aromatic heterocycles. The van der Waals surface area contributed by atoms with Gasteiger partial charge in [0, 0.05) is 5.92 Å². The summed E-state index contributed by atoms with van der Waals surface area (Å²) in [6.07, 6.45) is -0.236. The number of nitrogens with one attached hydrogen (secondary N) is 1. The number of phosphoric acid groups is 3. The summed E-state index contributed by atoms with van der Waals surface area (Å²) in [5.41, 5.74) is 5.22. The van der Waals surface area contributed by atoms with Crippen molar-refractivity contribution in [1.82, 2.24) is 19.5 Å². The third-order valence-corrected chi connectivity index (χ3v) is 8.53. The fourth-order valence-corrected chi connectivity index (χ4v) is 6.17. The van der Waals surface area contributed by atoms with E-state index in [0.29, 0.717) is 0 Å². The highest BCUT2D eigenvalue weighted by atomic mass is 31.3. The van der Waals surface area contributed by atoms with Crippen LogP contribution in [0.2, 0.25) is 0 Å². The quantitative estimate of drug-likeness (QED) is 0.255. The Hall–Kier alpha value is -1.48. The molecule has 6 unspecified atom stereocenters. The molecule has 20 heteroatoms. The summed E-state index contributed by atoms with van der Waals surface area (Å²) in [4.78, 5) is 58.2. The Labute approximate surface area is 179 Å². The molecule has 0 aliphatic carbocycles. The lowest BCUT2D eigenvalue weighted by atomic mass is 9.93. The van der Waals surface area contributed by atoms with Gasteiger partial charge in [0.25, 0.3) is 5.56 Å². The zero-order valence-corrected chi connectivity index (χ0v) is 19.1. The lowest BCUT2D eigenvalue weighted by Gasteiger charge is -2.19. The first-order valence-corrected chi connectivity index (χ1v) is 13.3. The summed E-state index contributed by atoms with van der Waals surface area (Å²) in [5.74, 6) is -0.680. The van der Waals surface area contributed by atoms with Crippen LogP contribution in [0.4, 0.5) is 5.95 Å². The van der Waals surface area contributed by atoms with Crippen molar-refractivity contribution in [3.05, 3.63) is 16.7 Å². The van der Waals surface area contributed by atoms with Gasteiger partial charge in [-0.2, -0.15) is 13.6 Å². The van der Waals surface area contributed by atoms with Gasteiger partial charge < -0.3 is 30.0 Å². The molecule has 7 N–H and O–H groups in total. The number of anilines is 1. The molecular formula is C12H20N5O12P3. The summed E-state index contributed by atoms with van der Waals surface area (Å²) in [6.45, 7) is 2.93. The van der Waals surface area contributed by atoms with Crippen LogP contribution in [-0.4, -0.2) is 51.8 Å². The van der Waals surface area contributed by atoms with Crippen molar-refractivity contribution < 1.29 is 51.2 Å². The van der Waals surface area contributed by atoms with Gasteiger partial charge in [0.2, 0.25) is 5.95 Å². The van der Waals surface area contributed by atoms with Gasteiger partial charge in [0.15, 0.2) is 11.2 Å². The van der Waals surface area contributed by atoms with Crippen LogP contribution in [0, 0.1) is 11.8 Å². The number of aromatic amines is 1. The summed E-state index contributed by atoms with van der Waals surface area (Å²) < 4.78 is 53.3. The molecule has 180 valence electrons. The third kappa shape index (κ3) is 5.71. The molecule has 0 aromatic carbocycles. The maximum atomic E-state index is 12.0. The predicted octanol–water partition coefficient (Wildman–Crippen LogP) is 0.215. The standard InChI is InChI=1S/C12H20N5O12P3/c1-5-6(2)11(17-4-14-8-9(17)15-12(13)16-10(8)18)27-7(5)3-26-31(22,23)29-32(24,25)28-30(19,20)21/h4-7,11H,3H2,1-2H3,(H,22,23)(H,24,25)(H2,19,20,21)(H3,13,15,16,18). The molecule has 0 amide bonds. The topological polar surface area (TPSA) is 259 Å². The number of imidazole rings is 1. The van der Waals surface area contributed by atoms with Gasteiger partial charge in [-0.25, -0.2) is 18.7 Å². The number of nitrogens with zero attached hydrogens (tertiary/aromatic N) is 3. The first-order chi connectivity index (χ1) is 14.6. The smallest absolute Gasteiger partial charge is 0.369 e. The number of aromatic nitrogens is 4. The van der Waals surface area contributed by atoms with E-state index < -0.39 is 48.0 Å². The molecule has 2 aromatic rings. The Morgan fingerprint density at radius 3 is 2.44 bits per heavy atom. The number of nitrogen functional groups attached to an aromatic ring is 1. The highest BCUT2D eigenvalue weighted by Gasteiger charge is 2.44. The minimum atomic E-state index is -5.62. The summed E-state index contributed by atoms with van der Waals surface area (Å²) in [6, 6.07) is 0.